The predicted molar refractivity (Wildman–Crippen MR) is 63.1 cm³/mol. The standard InChI is InChI=1S/C12H14F2N2O2/c1-12(2,3)7-4-6(17)5-8-9(7)10(16-15-8)18-11(13)14/h4-5,11,17H,1-3H3,(H,15,16). The van der Waals surface area contributed by atoms with Crippen LogP contribution in [0.2, 0.25) is 0 Å². The second kappa shape index (κ2) is 4.12. The van der Waals surface area contributed by atoms with Crippen molar-refractivity contribution in [3.63, 3.8) is 0 Å². The lowest BCUT2D eigenvalue weighted by Gasteiger charge is -2.20. The summed E-state index contributed by atoms with van der Waals surface area (Å²) in [5.74, 6) is -0.0930. The van der Waals surface area contributed by atoms with Crippen LogP contribution in [0.3, 0.4) is 0 Å². The number of nitrogens with zero attached hydrogens (tertiary/aromatic N) is 1. The Morgan fingerprint density at radius 2 is 2.00 bits per heavy atom. The van der Waals surface area contributed by atoms with Crippen molar-refractivity contribution in [3.05, 3.63) is 17.7 Å². The first-order chi connectivity index (χ1) is 8.29. The molecular weight excluding hydrogens is 242 g/mol. The van der Waals surface area contributed by atoms with Crippen molar-refractivity contribution < 1.29 is 18.6 Å². The Kier molecular flexibility index (Phi) is 2.88. The summed E-state index contributed by atoms with van der Waals surface area (Å²) in [6.07, 6.45) is 0. The molecule has 1 aromatic heterocycles. The second-order valence-electron chi connectivity index (χ2n) is 5.07. The van der Waals surface area contributed by atoms with Crippen LogP contribution in [0.1, 0.15) is 26.3 Å². The normalized spacial score (nSPS) is 12.3. The molecule has 0 saturated heterocycles. The predicted octanol–water partition coefficient (Wildman–Crippen LogP) is 3.17. The van der Waals surface area contributed by atoms with Crippen LogP contribution in [0.15, 0.2) is 12.1 Å². The first kappa shape index (κ1) is 12.6. The summed E-state index contributed by atoms with van der Waals surface area (Å²) in [5.41, 5.74) is 0.832. The molecule has 0 aliphatic rings. The summed E-state index contributed by atoms with van der Waals surface area (Å²) in [4.78, 5) is 0. The van der Waals surface area contributed by atoms with E-state index in [-0.39, 0.29) is 17.0 Å². The smallest absolute Gasteiger partial charge is 0.388 e. The lowest BCUT2D eigenvalue weighted by atomic mass is 9.84. The van der Waals surface area contributed by atoms with Crippen molar-refractivity contribution >= 4 is 10.9 Å². The quantitative estimate of drug-likeness (QED) is 0.867. The van der Waals surface area contributed by atoms with Gasteiger partial charge in [0.2, 0.25) is 5.88 Å². The topological polar surface area (TPSA) is 58.1 Å². The fourth-order valence-electron chi connectivity index (χ4n) is 1.87. The fourth-order valence-corrected chi connectivity index (χ4v) is 1.87. The number of phenolic OH excluding ortho intramolecular Hbond substituents is 1. The maximum atomic E-state index is 12.3. The van der Waals surface area contributed by atoms with E-state index in [0.29, 0.717) is 16.5 Å². The molecule has 0 bridgehead atoms. The van der Waals surface area contributed by atoms with Crippen molar-refractivity contribution in [2.24, 2.45) is 0 Å². The van der Waals surface area contributed by atoms with Gasteiger partial charge in [-0.3, -0.25) is 5.10 Å². The van der Waals surface area contributed by atoms with Crippen LogP contribution in [0.5, 0.6) is 11.6 Å². The minimum absolute atomic E-state index is 0.0553. The Balaban J connectivity index is 2.70. The van der Waals surface area contributed by atoms with Gasteiger partial charge in [-0.15, -0.1) is 5.10 Å². The van der Waals surface area contributed by atoms with E-state index in [2.05, 4.69) is 14.9 Å². The highest BCUT2D eigenvalue weighted by Crippen LogP contribution is 2.37. The number of halogens is 2. The zero-order chi connectivity index (χ0) is 13.5. The van der Waals surface area contributed by atoms with Gasteiger partial charge in [0, 0.05) is 6.07 Å². The number of aromatic amines is 1. The van der Waals surface area contributed by atoms with Crippen molar-refractivity contribution in [1.82, 2.24) is 10.2 Å². The van der Waals surface area contributed by atoms with Crippen molar-refractivity contribution in [1.29, 1.82) is 0 Å². The van der Waals surface area contributed by atoms with Crippen molar-refractivity contribution in [2.45, 2.75) is 32.8 Å². The van der Waals surface area contributed by atoms with Crippen LogP contribution in [0.4, 0.5) is 8.78 Å². The Morgan fingerprint density at radius 1 is 1.33 bits per heavy atom. The number of H-pyrrole nitrogens is 1. The van der Waals surface area contributed by atoms with Gasteiger partial charge in [0.1, 0.15) is 5.75 Å². The second-order valence-corrected chi connectivity index (χ2v) is 5.07. The molecule has 4 nitrogen and oxygen atoms in total. The minimum Gasteiger partial charge on any atom is -0.508 e. The van der Waals surface area contributed by atoms with Gasteiger partial charge in [-0.2, -0.15) is 8.78 Å². The molecule has 0 fully saturated rings. The SMILES string of the molecule is CC(C)(C)c1cc(O)cc2[nH]nc(OC(F)F)c12. The number of hydrogen-bond acceptors (Lipinski definition) is 3. The molecule has 6 heteroatoms. The van der Waals surface area contributed by atoms with Gasteiger partial charge in [0.15, 0.2) is 0 Å². The number of nitrogens with one attached hydrogen (secondary N) is 1. The summed E-state index contributed by atoms with van der Waals surface area (Å²) in [7, 11) is 0. The maximum Gasteiger partial charge on any atom is 0.388 e. The van der Waals surface area contributed by atoms with Crippen LogP contribution < -0.4 is 4.74 Å². The van der Waals surface area contributed by atoms with Gasteiger partial charge in [0.25, 0.3) is 0 Å². The van der Waals surface area contributed by atoms with Crippen LogP contribution in [-0.2, 0) is 5.41 Å². The van der Waals surface area contributed by atoms with Crippen molar-refractivity contribution in [3.8, 4) is 11.6 Å². The lowest BCUT2D eigenvalue weighted by Crippen LogP contribution is -2.12. The van der Waals surface area contributed by atoms with Gasteiger partial charge >= 0.3 is 6.61 Å². The van der Waals surface area contributed by atoms with E-state index in [1.807, 2.05) is 20.8 Å². The highest BCUT2D eigenvalue weighted by atomic mass is 19.3. The minimum atomic E-state index is -2.93. The lowest BCUT2D eigenvalue weighted by molar-refractivity contribution is -0.0519. The van der Waals surface area contributed by atoms with E-state index in [9.17, 15) is 13.9 Å². The first-order valence-electron chi connectivity index (χ1n) is 5.45. The maximum absolute atomic E-state index is 12.3. The summed E-state index contributed by atoms with van der Waals surface area (Å²) in [6, 6.07) is 2.96. The third-order valence-corrected chi connectivity index (χ3v) is 2.62. The number of phenols is 1. The molecule has 2 aromatic rings. The summed E-state index contributed by atoms with van der Waals surface area (Å²) >= 11 is 0. The summed E-state index contributed by atoms with van der Waals surface area (Å²) in [6.45, 7) is 2.82. The largest absolute Gasteiger partial charge is 0.508 e. The number of fused-ring (bicyclic) bond motifs is 1. The van der Waals surface area contributed by atoms with Crippen LogP contribution >= 0.6 is 0 Å². The molecule has 1 heterocycles. The molecule has 0 unspecified atom stereocenters. The molecule has 0 aliphatic carbocycles. The highest BCUT2D eigenvalue weighted by Gasteiger charge is 2.23. The van der Waals surface area contributed by atoms with Crippen LogP contribution in [0.25, 0.3) is 10.9 Å². The van der Waals surface area contributed by atoms with E-state index >= 15 is 0 Å². The average molecular weight is 256 g/mol. The van der Waals surface area contributed by atoms with E-state index in [1.54, 1.807) is 0 Å². The van der Waals surface area contributed by atoms with Crippen LogP contribution in [0, 0.1) is 0 Å². The third kappa shape index (κ3) is 2.23. The van der Waals surface area contributed by atoms with E-state index in [4.69, 9.17) is 0 Å². The van der Waals surface area contributed by atoms with Crippen LogP contribution in [-0.4, -0.2) is 21.9 Å². The Hall–Kier alpha value is -1.85. The zero-order valence-electron chi connectivity index (χ0n) is 10.3. The number of rotatable bonds is 2. The number of hydrogen-bond donors (Lipinski definition) is 2. The van der Waals surface area contributed by atoms with Gasteiger partial charge in [0.05, 0.1) is 10.9 Å². The molecular formula is C12H14F2N2O2. The van der Waals surface area contributed by atoms with Gasteiger partial charge < -0.3 is 9.84 Å². The molecule has 0 amide bonds. The molecule has 98 valence electrons. The molecule has 0 atom stereocenters. The first-order valence-corrected chi connectivity index (χ1v) is 5.45. The molecule has 2 rings (SSSR count). The molecule has 0 radical (unpaired) electrons. The Labute approximate surface area is 103 Å². The van der Waals surface area contributed by atoms with Gasteiger partial charge in [-0.05, 0) is 17.0 Å². The monoisotopic (exact) mass is 256 g/mol. The number of benzene rings is 1. The number of aromatic nitrogens is 2. The number of alkyl halides is 2. The molecule has 0 aliphatic heterocycles. The van der Waals surface area contributed by atoms with Gasteiger partial charge in [-0.1, -0.05) is 20.8 Å². The zero-order valence-corrected chi connectivity index (χ0v) is 10.3. The molecule has 1 aromatic carbocycles. The molecule has 0 saturated carbocycles. The summed E-state index contributed by atoms with van der Waals surface area (Å²) in [5, 5.41) is 16.4. The molecule has 0 spiro atoms. The highest BCUT2D eigenvalue weighted by molar-refractivity contribution is 5.89. The average Bonchev–Trinajstić information content (AvgIpc) is 2.57. The number of ether oxygens (including phenoxy) is 1. The fraction of sp³-hybridized carbons (Fsp3) is 0.417. The third-order valence-electron chi connectivity index (χ3n) is 2.62. The molecule has 2 N–H and O–H groups in total. The Bertz CT molecular complexity index is 573. The number of aromatic hydroxyl groups is 1. The van der Waals surface area contributed by atoms with E-state index < -0.39 is 6.61 Å². The Morgan fingerprint density at radius 3 is 2.56 bits per heavy atom. The van der Waals surface area contributed by atoms with Gasteiger partial charge in [-0.25, -0.2) is 0 Å². The van der Waals surface area contributed by atoms with Crippen molar-refractivity contribution in [2.75, 3.05) is 0 Å². The van der Waals surface area contributed by atoms with E-state index in [0.717, 1.165) is 0 Å². The summed E-state index contributed by atoms with van der Waals surface area (Å²) < 4.78 is 29.0. The van der Waals surface area contributed by atoms with E-state index in [1.165, 1.54) is 12.1 Å². The molecule has 18 heavy (non-hydrogen) atoms.